The number of benzene rings is 1. The van der Waals surface area contributed by atoms with Crippen molar-refractivity contribution < 1.29 is 0 Å². The van der Waals surface area contributed by atoms with Gasteiger partial charge in [0.1, 0.15) is 0 Å². The van der Waals surface area contributed by atoms with Gasteiger partial charge >= 0.3 is 0 Å². The normalized spacial score (nSPS) is 23.3. The highest BCUT2D eigenvalue weighted by molar-refractivity contribution is 7.20. The maximum atomic E-state index is 2.51. The smallest absolute Gasteiger partial charge is 0.0605 e. The van der Waals surface area contributed by atoms with Gasteiger partial charge in [-0.25, -0.2) is 0 Å². The van der Waals surface area contributed by atoms with Gasteiger partial charge in [-0.05, 0) is 36.4 Å². The Morgan fingerprint density at radius 1 is 1.05 bits per heavy atom. The Labute approximate surface area is 121 Å². The minimum Gasteiger partial charge on any atom is -0.135 e. The number of fused-ring (bicyclic) bond motifs is 3. The highest BCUT2D eigenvalue weighted by Crippen LogP contribution is 2.56. The molecule has 3 rings (SSSR count). The van der Waals surface area contributed by atoms with Crippen LogP contribution in [-0.4, -0.2) is 8.07 Å². The van der Waals surface area contributed by atoms with E-state index in [-0.39, 0.29) is 5.04 Å². The summed E-state index contributed by atoms with van der Waals surface area (Å²) in [5, 5.41) is 1.77. The lowest BCUT2D eigenvalue weighted by atomic mass is 9.96. The van der Waals surface area contributed by atoms with Gasteiger partial charge in [-0.2, -0.15) is 0 Å². The molecule has 1 atom stereocenters. The first kappa shape index (κ1) is 13.1. The van der Waals surface area contributed by atoms with Crippen LogP contribution < -0.4 is 0 Å². The lowest BCUT2D eigenvalue weighted by Crippen LogP contribution is -2.47. The average molecular weight is 287 g/mol. The molecule has 19 heavy (non-hydrogen) atoms. The second kappa shape index (κ2) is 3.83. The number of rotatable bonds is 1. The van der Waals surface area contributed by atoms with E-state index in [9.17, 15) is 0 Å². The molecule has 0 spiro atoms. The fourth-order valence-electron chi connectivity index (χ4n) is 3.48. The second-order valence-corrected chi connectivity index (χ2v) is 13.5. The zero-order chi connectivity index (χ0) is 14.0. The minimum absolute atomic E-state index is 0.284. The van der Waals surface area contributed by atoms with Gasteiger partial charge in [-0.3, -0.25) is 0 Å². The first-order chi connectivity index (χ1) is 8.78. The van der Waals surface area contributed by atoms with Gasteiger partial charge in [0.05, 0.1) is 8.07 Å². The molecule has 0 fully saturated rings. The first-order valence-corrected chi connectivity index (χ1v) is 11.3. The summed E-state index contributed by atoms with van der Waals surface area (Å²) in [5.74, 6) is 0. The van der Waals surface area contributed by atoms with Crippen LogP contribution in [0.25, 0.3) is 15.7 Å². The molecule has 0 bridgehead atoms. The molecule has 0 saturated carbocycles. The van der Waals surface area contributed by atoms with Crippen LogP contribution in [0.2, 0.25) is 19.6 Å². The van der Waals surface area contributed by atoms with E-state index in [2.05, 4.69) is 64.7 Å². The molecule has 1 aliphatic carbocycles. The molecule has 1 unspecified atom stereocenters. The molecule has 1 aromatic carbocycles. The van der Waals surface area contributed by atoms with Crippen LogP contribution in [0.3, 0.4) is 0 Å². The Bertz CT molecular complexity index is 700. The molecule has 0 saturated heterocycles. The summed E-state index contributed by atoms with van der Waals surface area (Å²) in [5.41, 5.74) is 4.77. The molecule has 0 radical (unpaired) electrons. The van der Waals surface area contributed by atoms with Crippen molar-refractivity contribution in [2.24, 2.45) is 0 Å². The number of thiophene rings is 1. The van der Waals surface area contributed by atoms with Gasteiger partial charge in [0, 0.05) is 14.6 Å². The number of hydrogen-bond acceptors (Lipinski definition) is 1. The standard InChI is InChI=1S/C17H22SSi/c1-11-12(2)17(3,19(4,5)6)15-13-9-7-8-10-14(13)18-16(11)15/h7-10H,1-6H3. The first-order valence-electron chi connectivity index (χ1n) is 6.99. The van der Waals surface area contributed by atoms with Crippen molar-refractivity contribution in [1.82, 2.24) is 0 Å². The van der Waals surface area contributed by atoms with E-state index in [0.717, 1.165) is 0 Å². The zero-order valence-electron chi connectivity index (χ0n) is 12.7. The van der Waals surface area contributed by atoms with E-state index in [1.807, 2.05) is 11.3 Å². The second-order valence-electron chi connectivity index (χ2n) is 6.93. The Balaban J connectivity index is 2.45. The Morgan fingerprint density at radius 2 is 1.68 bits per heavy atom. The molecule has 0 N–H and O–H groups in total. The van der Waals surface area contributed by atoms with Crippen LogP contribution in [0.4, 0.5) is 0 Å². The summed E-state index contributed by atoms with van der Waals surface area (Å²) < 4.78 is 1.45. The van der Waals surface area contributed by atoms with E-state index in [1.54, 1.807) is 16.0 Å². The SMILES string of the molecule is CC1=C(C)C(C)([Si](C)(C)C)c2c1sc1ccccc21. The largest absolute Gasteiger partial charge is 0.135 e. The molecule has 2 aromatic rings. The minimum atomic E-state index is -1.34. The highest BCUT2D eigenvalue weighted by atomic mass is 32.1. The monoisotopic (exact) mass is 286 g/mol. The van der Waals surface area contributed by atoms with E-state index in [0.29, 0.717) is 0 Å². The predicted octanol–water partition coefficient (Wildman–Crippen LogP) is 5.84. The quantitative estimate of drug-likeness (QED) is 0.577. The van der Waals surface area contributed by atoms with Gasteiger partial charge in [0.2, 0.25) is 0 Å². The van der Waals surface area contributed by atoms with Crippen molar-refractivity contribution >= 4 is 35.1 Å². The van der Waals surface area contributed by atoms with E-state index in [1.165, 1.54) is 15.7 Å². The Morgan fingerprint density at radius 3 is 2.32 bits per heavy atom. The van der Waals surface area contributed by atoms with E-state index >= 15 is 0 Å². The van der Waals surface area contributed by atoms with Crippen LogP contribution in [-0.2, 0) is 5.04 Å². The third-order valence-electron chi connectivity index (χ3n) is 5.25. The molecule has 100 valence electrons. The lowest BCUT2D eigenvalue weighted by molar-refractivity contribution is 0.781. The summed E-state index contributed by atoms with van der Waals surface area (Å²) in [4.78, 5) is 1.55. The molecule has 1 aliphatic rings. The Kier molecular flexibility index (Phi) is 2.65. The molecule has 2 heteroatoms. The third kappa shape index (κ3) is 1.50. The number of hydrogen-bond donors (Lipinski definition) is 0. The summed E-state index contributed by atoms with van der Waals surface area (Å²) in [6, 6.07) is 8.93. The summed E-state index contributed by atoms with van der Waals surface area (Å²) in [7, 11) is -1.34. The zero-order valence-corrected chi connectivity index (χ0v) is 14.5. The van der Waals surface area contributed by atoms with Crippen LogP contribution in [0.5, 0.6) is 0 Å². The van der Waals surface area contributed by atoms with Crippen LogP contribution >= 0.6 is 11.3 Å². The van der Waals surface area contributed by atoms with Gasteiger partial charge in [0.25, 0.3) is 0 Å². The fourth-order valence-corrected chi connectivity index (χ4v) is 7.26. The fraction of sp³-hybridized carbons (Fsp3) is 0.412. The van der Waals surface area contributed by atoms with Crippen molar-refractivity contribution in [2.45, 2.75) is 45.5 Å². The average Bonchev–Trinajstić information content (AvgIpc) is 2.81. The van der Waals surface area contributed by atoms with Gasteiger partial charge in [0.15, 0.2) is 0 Å². The van der Waals surface area contributed by atoms with Crippen molar-refractivity contribution in [3.05, 3.63) is 40.3 Å². The Hall–Kier alpha value is -0.863. The number of allylic oxidation sites excluding steroid dienone is 2. The van der Waals surface area contributed by atoms with Crippen LogP contribution in [0, 0.1) is 0 Å². The third-order valence-corrected chi connectivity index (χ3v) is 10.2. The van der Waals surface area contributed by atoms with E-state index < -0.39 is 8.07 Å². The maximum Gasteiger partial charge on any atom is 0.0605 e. The summed E-state index contributed by atoms with van der Waals surface area (Å²) >= 11 is 1.98. The molecular weight excluding hydrogens is 264 g/mol. The molecule has 0 aliphatic heterocycles. The molecular formula is C17H22SSi. The van der Waals surface area contributed by atoms with Gasteiger partial charge in [-0.15, -0.1) is 11.3 Å². The predicted molar refractivity (Wildman–Crippen MR) is 90.8 cm³/mol. The van der Waals surface area contributed by atoms with E-state index in [4.69, 9.17) is 0 Å². The maximum absolute atomic E-state index is 2.51. The van der Waals surface area contributed by atoms with Gasteiger partial charge < -0.3 is 0 Å². The molecule has 1 heterocycles. The topological polar surface area (TPSA) is 0 Å². The van der Waals surface area contributed by atoms with Crippen molar-refractivity contribution in [3.8, 4) is 0 Å². The highest BCUT2D eigenvalue weighted by Gasteiger charge is 2.49. The summed E-state index contributed by atoms with van der Waals surface area (Å²) in [6.45, 7) is 14.7. The summed E-state index contributed by atoms with van der Waals surface area (Å²) in [6.07, 6.45) is 0. The van der Waals surface area contributed by atoms with Crippen LogP contribution in [0.15, 0.2) is 29.8 Å². The lowest BCUT2D eigenvalue weighted by Gasteiger charge is -2.40. The molecule has 1 aromatic heterocycles. The van der Waals surface area contributed by atoms with Crippen LogP contribution in [0.1, 0.15) is 31.2 Å². The van der Waals surface area contributed by atoms with Crippen molar-refractivity contribution in [3.63, 3.8) is 0 Å². The molecule has 0 nitrogen and oxygen atoms in total. The van der Waals surface area contributed by atoms with Gasteiger partial charge in [-0.1, -0.05) is 50.3 Å². The van der Waals surface area contributed by atoms with Crippen molar-refractivity contribution in [2.75, 3.05) is 0 Å². The van der Waals surface area contributed by atoms with Crippen molar-refractivity contribution in [1.29, 1.82) is 0 Å². The molecule has 0 amide bonds.